The highest BCUT2D eigenvalue weighted by atomic mass is 16.6. The normalized spacial score (nSPS) is 17.7. The van der Waals surface area contributed by atoms with Crippen LogP contribution in [-0.4, -0.2) is 58.5 Å². The van der Waals surface area contributed by atoms with Gasteiger partial charge in [0.15, 0.2) is 5.76 Å². The smallest absolute Gasteiger partial charge is 0.410 e. The Bertz CT molecular complexity index is 1530. The van der Waals surface area contributed by atoms with Gasteiger partial charge in [-0.15, -0.1) is 0 Å². The number of ether oxygens (including phenoxy) is 2. The van der Waals surface area contributed by atoms with Gasteiger partial charge in [-0.1, -0.05) is 25.8 Å². The molecule has 3 heterocycles. The largest absolute Gasteiger partial charge is 0.496 e. The number of aryl methyl sites for hydroxylation is 1. The molecule has 2 amide bonds. The SMILES string of the molecule is CCC(=O)CCCCC[C@H](NC(=O)[C@@H]1CC12CN(C(=O)OC(C)(C)C)C2)c1ncc(-c2cc3ccc(C)nc3cc2OC)o1. The second-order valence-corrected chi connectivity index (χ2v) is 13.3. The topological polar surface area (TPSA) is 124 Å². The molecule has 1 aliphatic carbocycles. The number of nitrogens with one attached hydrogen (secondary N) is 1. The Morgan fingerprint density at radius 1 is 1.16 bits per heavy atom. The zero-order valence-corrected chi connectivity index (χ0v) is 26.7. The predicted octanol–water partition coefficient (Wildman–Crippen LogP) is 6.55. The van der Waals surface area contributed by atoms with Gasteiger partial charge in [0.1, 0.15) is 23.2 Å². The van der Waals surface area contributed by atoms with Gasteiger partial charge in [0.2, 0.25) is 11.8 Å². The highest BCUT2D eigenvalue weighted by Gasteiger charge is 2.66. The van der Waals surface area contributed by atoms with Gasteiger partial charge in [0, 0.05) is 54.4 Å². The fraction of sp³-hybridized carbons (Fsp3) is 0.559. The van der Waals surface area contributed by atoms with Crippen LogP contribution in [0, 0.1) is 18.3 Å². The lowest BCUT2D eigenvalue weighted by atomic mass is 9.93. The van der Waals surface area contributed by atoms with Crippen LogP contribution in [0.1, 0.15) is 90.3 Å². The van der Waals surface area contributed by atoms with Crippen LogP contribution in [0.2, 0.25) is 0 Å². The molecule has 0 radical (unpaired) electrons. The van der Waals surface area contributed by atoms with Crippen molar-refractivity contribution in [3.8, 4) is 17.1 Å². The summed E-state index contributed by atoms with van der Waals surface area (Å²) in [5.74, 6) is 1.64. The van der Waals surface area contributed by atoms with Crippen molar-refractivity contribution in [2.45, 2.75) is 91.2 Å². The van der Waals surface area contributed by atoms with Gasteiger partial charge in [-0.2, -0.15) is 0 Å². The summed E-state index contributed by atoms with van der Waals surface area (Å²) in [6.07, 6.45) is 6.33. The minimum atomic E-state index is -0.557. The van der Waals surface area contributed by atoms with Gasteiger partial charge in [-0.25, -0.2) is 9.78 Å². The van der Waals surface area contributed by atoms with Gasteiger partial charge in [0.05, 0.1) is 24.4 Å². The van der Waals surface area contributed by atoms with Crippen molar-refractivity contribution in [3.63, 3.8) is 0 Å². The van der Waals surface area contributed by atoms with Crippen LogP contribution in [0.25, 0.3) is 22.2 Å². The van der Waals surface area contributed by atoms with E-state index >= 15 is 0 Å². The maximum absolute atomic E-state index is 13.5. The summed E-state index contributed by atoms with van der Waals surface area (Å²) in [4.78, 5) is 48.5. The Kier molecular flexibility index (Phi) is 9.00. The molecular formula is C34H44N4O6. The lowest BCUT2D eigenvalue weighted by Crippen LogP contribution is -2.54. The summed E-state index contributed by atoms with van der Waals surface area (Å²) in [5.41, 5.74) is 1.77. The number of carbonyl (C=O) groups excluding carboxylic acids is 3. The molecule has 236 valence electrons. The third-order valence-electron chi connectivity index (χ3n) is 8.57. The lowest BCUT2D eigenvalue weighted by Gasteiger charge is -2.41. The summed E-state index contributed by atoms with van der Waals surface area (Å²) in [6, 6.07) is 7.42. The second-order valence-electron chi connectivity index (χ2n) is 13.3. The molecule has 2 fully saturated rings. The molecule has 1 saturated carbocycles. The first-order valence-electron chi connectivity index (χ1n) is 15.6. The van der Waals surface area contributed by atoms with Crippen LogP contribution < -0.4 is 10.1 Å². The monoisotopic (exact) mass is 604 g/mol. The highest BCUT2D eigenvalue weighted by Crippen LogP contribution is 2.59. The van der Waals surface area contributed by atoms with Crippen LogP contribution in [0.3, 0.4) is 0 Å². The average Bonchev–Trinajstić information content (AvgIpc) is 3.53. The Labute approximate surface area is 258 Å². The number of hydrogen-bond acceptors (Lipinski definition) is 8. The quantitative estimate of drug-likeness (QED) is 0.231. The third-order valence-corrected chi connectivity index (χ3v) is 8.57. The molecule has 1 N–H and O–H groups in total. The maximum Gasteiger partial charge on any atom is 0.410 e. The molecule has 0 unspecified atom stereocenters. The van der Waals surface area contributed by atoms with E-state index in [2.05, 4.69) is 15.3 Å². The average molecular weight is 605 g/mol. The summed E-state index contributed by atoms with van der Waals surface area (Å²) in [6.45, 7) is 10.4. The molecule has 10 nitrogen and oxygen atoms in total. The van der Waals surface area contributed by atoms with E-state index in [1.54, 1.807) is 18.2 Å². The number of likely N-dealkylation sites (tertiary alicyclic amines) is 1. The van der Waals surface area contributed by atoms with Crippen molar-refractivity contribution in [1.82, 2.24) is 20.2 Å². The molecule has 2 aromatic heterocycles. The molecule has 10 heteroatoms. The number of ketones is 1. The maximum atomic E-state index is 13.5. The molecule has 1 spiro atoms. The predicted molar refractivity (Wildman–Crippen MR) is 166 cm³/mol. The van der Waals surface area contributed by atoms with Crippen molar-refractivity contribution in [2.24, 2.45) is 11.3 Å². The van der Waals surface area contributed by atoms with E-state index in [0.29, 0.717) is 49.8 Å². The number of fused-ring (bicyclic) bond motifs is 1. The number of Topliss-reactive ketones (excluding diaryl/α,β-unsaturated/α-hetero) is 1. The second kappa shape index (κ2) is 12.6. The van der Waals surface area contributed by atoms with Gasteiger partial charge < -0.3 is 24.1 Å². The molecule has 44 heavy (non-hydrogen) atoms. The van der Waals surface area contributed by atoms with Crippen molar-refractivity contribution in [2.75, 3.05) is 20.2 Å². The van der Waals surface area contributed by atoms with E-state index in [1.807, 2.05) is 58.9 Å². The first-order chi connectivity index (χ1) is 20.9. The summed E-state index contributed by atoms with van der Waals surface area (Å²) in [5, 5.41) is 4.16. The van der Waals surface area contributed by atoms with Crippen LogP contribution in [0.5, 0.6) is 5.75 Å². The zero-order chi connectivity index (χ0) is 31.6. The van der Waals surface area contributed by atoms with Crippen LogP contribution in [0.15, 0.2) is 34.9 Å². The standard InChI is InChI=1S/C34H44N4O6/c1-7-23(39)11-9-8-10-12-26(37-30(40)25-17-34(25)19-38(20-34)32(41)44-33(3,4)5)31-35-18-29(43-31)24-15-22-14-13-21(2)36-27(22)16-28(24)42-6/h13-16,18,25-26H,7-12,17,19-20H2,1-6H3,(H,37,40)/t25-,26-/m0/s1. The number of hydrogen-bond donors (Lipinski definition) is 1. The fourth-order valence-electron chi connectivity index (χ4n) is 5.98. The number of nitrogens with zero attached hydrogens (tertiary/aromatic N) is 3. The first-order valence-corrected chi connectivity index (χ1v) is 15.6. The molecule has 3 aromatic rings. The number of oxazole rings is 1. The minimum Gasteiger partial charge on any atom is -0.496 e. The number of benzene rings is 1. The molecular weight excluding hydrogens is 560 g/mol. The Balaban J connectivity index is 1.29. The Morgan fingerprint density at radius 3 is 2.64 bits per heavy atom. The van der Waals surface area contributed by atoms with Gasteiger partial charge >= 0.3 is 6.09 Å². The number of methoxy groups -OCH3 is 1. The number of amides is 2. The number of unbranched alkanes of at least 4 members (excludes halogenated alkanes) is 2. The van der Waals surface area contributed by atoms with Gasteiger partial charge in [0.25, 0.3) is 0 Å². The Morgan fingerprint density at radius 2 is 1.93 bits per heavy atom. The molecule has 5 rings (SSSR count). The van der Waals surface area contributed by atoms with Gasteiger partial charge in [-0.3, -0.25) is 14.6 Å². The van der Waals surface area contributed by atoms with E-state index < -0.39 is 11.6 Å². The summed E-state index contributed by atoms with van der Waals surface area (Å²) < 4.78 is 17.5. The molecule has 0 bridgehead atoms. The first kappa shape index (κ1) is 31.5. The number of carbonyl (C=O) groups is 3. The molecule has 2 aliphatic rings. The van der Waals surface area contributed by atoms with Crippen LogP contribution in [-0.2, 0) is 14.3 Å². The minimum absolute atomic E-state index is 0.0514. The van der Waals surface area contributed by atoms with E-state index in [4.69, 9.17) is 13.9 Å². The van der Waals surface area contributed by atoms with Crippen molar-refractivity contribution < 1.29 is 28.3 Å². The molecule has 1 aromatic carbocycles. The van der Waals surface area contributed by atoms with Crippen molar-refractivity contribution in [3.05, 3.63) is 42.0 Å². The van der Waals surface area contributed by atoms with Crippen molar-refractivity contribution in [1.29, 1.82) is 0 Å². The van der Waals surface area contributed by atoms with E-state index in [1.165, 1.54) is 0 Å². The fourth-order valence-corrected chi connectivity index (χ4v) is 5.98. The number of pyridine rings is 1. The van der Waals surface area contributed by atoms with E-state index in [-0.39, 0.29) is 29.1 Å². The number of aromatic nitrogens is 2. The summed E-state index contributed by atoms with van der Waals surface area (Å²) >= 11 is 0. The van der Waals surface area contributed by atoms with E-state index in [0.717, 1.165) is 47.8 Å². The van der Waals surface area contributed by atoms with Crippen LogP contribution >= 0.6 is 0 Å². The zero-order valence-electron chi connectivity index (χ0n) is 26.7. The molecule has 1 aliphatic heterocycles. The van der Waals surface area contributed by atoms with Gasteiger partial charge in [-0.05, 0) is 59.1 Å². The lowest BCUT2D eigenvalue weighted by molar-refractivity contribution is -0.125. The Hall–Kier alpha value is -3.95. The van der Waals surface area contributed by atoms with E-state index in [9.17, 15) is 14.4 Å². The highest BCUT2D eigenvalue weighted by molar-refractivity contribution is 5.87. The summed E-state index contributed by atoms with van der Waals surface area (Å²) in [7, 11) is 1.61. The van der Waals surface area contributed by atoms with Crippen molar-refractivity contribution >= 4 is 28.7 Å². The molecule has 1 saturated heterocycles. The number of rotatable bonds is 12. The molecule has 2 atom stereocenters. The van der Waals surface area contributed by atoms with Crippen LogP contribution in [0.4, 0.5) is 4.79 Å². The third kappa shape index (κ3) is 7.05.